The minimum atomic E-state index is 0.220. The Morgan fingerprint density at radius 3 is 1.87 bits per heavy atom. The van der Waals surface area contributed by atoms with Crippen LogP contribution in [0.4, 0.5) is 0 Å². The molecule has 0 saturated carbocycles. The summed E-state index contributed by atoms with van der Waals surface area (Å²) in [6.45, 7) is 11.5. The van der Waals surface area contributed by atoms with Crippen molar-refractivity contribution in [1.29, 1.82) is 0 Å². The van der Waals surface area contributed by atoms with E-state index in [0.29, 0.717) is 6.04 Å². The molecule has 0 saturated heterocycles. The van der Waals surface area contributed by atoms with Crippen LogP contribution < -0.4 is 0 Å². The van der Waals surface area contributed by atoms with Crippen LogP contribution >= 0.6 is 0 Å². The van der Waals surface area contributed by atoms with Crippen molar-refractivity contribution in [3.05, 3.63) is 20.6 Å². The quantitative estimate of drug-likeness (QED) is 0.670. The van der Waals surface area contributed by atoms with E-state index >= 15 is 0 Å². The van der Waals surface area contributed by atoms with E-state index in [1.807, 2.05) is 0 Å². The molecular formula is C13H22NTi. The summed E-state index contributed by atoms with van der Waals surface area (Å²) in [4.78, 5) is 2.32. The Hall–Kier alpha value is 0.154. The maximum atomic E-state index is 2.38. The van der Waals surface area contributed by atoms with Crippen molar-refractivity contribution in [2.75, 3.05) is 14.1 Å². The Balaban J connectivity index is 3.27. The van der Waals surface area contributed by atoms with E-state index in [9.17, 15) is 0 Å². The zero-order chi connectivity index (χ0) is 12.0. The van der Waals surface area contributed by atoms with E-state index in [4.69, 9.17) is 0 Å². The van der Waals surface area contributed by atoms with Crippen LogP contribution in [0, 0.1) is 5.41 Å². The van der Waals surface area contributed by atoms with Gasteiger partial charge in [0, 0.05) is 0 Å². The molecule has 15 heavy (non-hydrogen) atoms. The predicted molar refractivity (Wildman–Crippen MR) is 62.3 cm³/mol. The topological polar surface area (TPSA) is 3.24 Å². The van der Waals surface area contributed by atoms with Gasteiger partial charge in [-0.2, -0.15) is 0 Å². The molecule has 0 fully saturated rings. The van der Waals surface area contributed by atoms with Crippen molar-refractivity contribution in [3.8, 4) is 0 Å². The molecule has 2 heteroatoms. The molecule has 2 atom stereocenters. The van der Waals surface area contributed by atoms with Gasteiger partial charge >= 0.3 is 106 Å². The molecule has 0 aliphatic heterocycles. The van der Waals surface area contributed by atoms with Gasteiger partial charge in [-0.25, -0.2) is 0 Å². The van der Waals surface area contributed by atoms with Crippen LogP contribution in [-0.4, -0.2) is 25.0 Å². The van der Waals surface area contributed by atoms with Gasteiger partial charge in [-0.3, -0.25) is 0 Å². The van der Waals surface area contributed by atoms with Crippen LogP contribution in [-0.2, 0) is 20.4 Å². The Morgan fingerprint density at radius 2 is 1.60 bits per heavy atom. The third-order valence-corrected chi connectivity index (χ3v) is 5.81. The normalized spacial score (nSPS) is 29.3. The van der Waals surface area contributed by atoms with E-state index in [1.54, 1.807) is 9.45 Å². The van der Waals surface area contributed by atoms with Crippen molar-refractivity contribution < 1.29 is 20.4 Å². The van der Waals surface area contributed by atoms with Gasteiger partial charge in [-0.1, -0.05) is 0 Å². The average molecular weight is 240 g/mol. The monoisotopic (exact) mass is 240 g/mol. The zero-order valence-electron chi connectivity index (χ0n) is 11.0. The molecule has 0 N–H and O–H groups in total. The maximum absolute atomic E-state index is 2.38. The molecular weight excluding hydrogens is 218 g/mol. The number of hydrogen-bond acceptors (Lipinski definition) is 1. The van der Waals surface area contributed by atoms with Crippen LogP contribution in [0.25, 0.3) is 0 Å². The van der Waals surface area contributed by atoms with Gasteiger partial charge < -0.3 is 0 Å². The fourth-order valence-corrected chi connectivity index (χ4v) is 3.39. The van der Waals surface area contributed by atoms with Gasteiger partial charge in [-0.05, 0) is 0 Å². The average Bonchev–Trinajstić information content (AvgIpc) is 2.34. The van der Waals surface area contributed by atoms with Gasteiger partial charge in [-0.15, -0.1) is 0 Å². The van der Waals surface area contributed by atoms with Crippen LogP contribution in [0.1, 0.15) is 34.6 Å². The second-order valence-electron chi connectivity index (χ2n) is 5.09. The molecule has 0 spiro atoms. The molecule has 0 bridgehead atoms. The van der Waals surface area contributed by atoms with Gasteiger partial charge in [0.1, 0.15) is 0 Å². The summed E-state index contributed by atoms with van der Waals surface area (Å²) in [7, 11) is 4.33. The summed E-state index contributed by atoms with van der Waals surface area (Å²) >= 11 is 2.29. The Labute approximate surface area is 106 Å². The predicted octanol–water partition coefficient (Wildman–Crippen LogP) is 3.11. The van der Waals surface area contributed by atoms with E-state index in [1.165, 1.54) is 11.1 Å². The van der Waals surface area contributed by atoms with E-state index in [0.717, 1.165) is 0 Å². The zero-order valence-corrected chi connectivity index (χ0v) is 12.6. The number of hydrogen-bond donors (Lipinski definition) is 0. The Bertz CT molecular complexity index is 312. The first-order valence-electron chi connectivity index (χ1n) is 5.52. The second-order valence-corrected chi connectivity index (χ2v) is 5.87. The summed E-state index contributed by atoms with van der Waals surface area (Å²) in [6.07, 6.45) is 0. The molecule has 0 aromatic carbocycles. The molecule has 0 radical (unpaired) electrons. The van der Waals surface area contributed by atoms with E-state index in [2.05, 4.69) is 74.0 Å². The number of rotatable bonds is 2. The minimum absolute atomic E-state index is 0.220. The third kappa shape index (κ3) is 1.79. The fourth-order valence-electron chi connectivity index (χ4n) is 2.47. The fraction of sp³-hybridized carbons (Fsp3) is 0.692. The number of allylic oxidation sites excluding steroid dienone is 2. The standard InChI is InChI=1S/C13H22N.Ti/c1-9-8-13(5,11(3)10(9)2)12(4)14(6)7;/h12H,1-7H3;. The van der Waals surface area contributed by atoms with E-state index < -0.39 is 0 Å². The second kappa shape index (κ2) is 4.20. The summed E-state index contributed by atoms with van der Waals surface area (Å²) in [5.41, 5.74) is 4.74. The first kappa shape index (κ1) is 13.2. The Morgan fingerprint density at radius 1 is 1.13 bits per heavy atom. The van der Waals surface area contributed by atoms with Crippen LogP contribution in [0.3, 0.4) is 0 Å². The first-order valence-corrected chi connectivity index (χ1v) is 6.30. The van der Waals surface area contributed by atoms with Crippen molar-refractivity contribution in [3.63, 3.8) is 0 Å². The molecule has 0 aromatic rings. The van der Waals surface area contributed by atoms with Gasteiger partial charge in [0.05, 0.1) is 0 Å². The Kier molecular flexibility index (Phi) is 3.70. The van der Waals surface area contributed by atoms with Gasteiger partial charge in [0.2, 0.25) is 0 Å². The van der Waals surface area contributed by atoms with Crippen LogP contribution in [0.2, 0.25) is 0 Å². The van der Waals surface area contributed by atoms with E-state index in [-0.39, 0.29) is 5.41 Å². The van der Waals surface area contributed by atoms with Crippen molar-refractivity contribution in [2.45, 2.75) is 40.7 Å². The summed E-state index contributed by atoms with van der Waals surface area (Å²) < 4.78 is 1.54. The van der Waals surface area contributed by atoms with Crippen molar-refractivity contribution in [1.82, 2.24) is 4.90 Å². The van der Waals surface area contributed by atoms with Gasteiger partial charge in [0.25, 0.3) is 0 Å². The molecule has 0 heterocycles. The van der Waals surface area contributed by atoms with Gasteiger partial charge in [0.15, 0.2) is 0 Å². The molecule has 0 aromatic heterocycles. The SMILES string of the molecule is CC1=C(C)C(C)(C(C)N(C)C)[C]([Ti])=C1C. The molecule has 0 amide bonds. The summed E-state index contributed by atoms with van der Waals surface area (Å²) in [5, 5.41) is 0. The third-order valence-electron chi connectivity index (χ3n) is 4.41. The number of nitrogens with zero attached hydrogens (tertiary/aromatic N) is 1. The first-order chi connectivity index (χ1) is 6.74. The summed E-state index contributed by atoms with van der Waals surface area (Å²) in [6, 6.07) is 0.546. The summed E-state index contributed by atoms with van der Waals surface area (Å²) in [5.74, 6) is 0. The molecule has 83 valence electrons. The molecule has 2 unspecified atom stereocenters. The molecule has 1 aliphatic carbocycles. The van der Waals surface area contributed by atoms with Crippen molar-refractivity contribution in [2.24, 2.45) is 5.41 Å². The molecule has 1 aliphatic rings. The molecule has 1 rings (SSSR count). The van der Waals surface area contributed by atoms with Crippen molar-refractivity contribution >= 4 is 0 Å². The molecule has 1 nitrogen and oxygen atoms in total. The van der Waals surface area contributed by atoms with Crippen LogP contribution in [0.15, 0.2) is 20.6 Å². The van der Waals surface area contributed by atoms with Crippen LogP contribution in [0.5, 0.6) is 0 Å².